The van der Waals surface area contributed by atoms with Crippen molar-refractivity contribution in [3.63, 3.8) is 0 Å². The molecule has 3 heteroatoms. The van der Waals surface area contributed by atoms with Crippen LogP contribution in [0.15, 0.2) is 24.0 Å². The van der Waals surface area contributed by atoms with Crippen LogP contribution in [0.25, 0.3) is 0 Å². The number of hydrogen-bond donors (Lipinski definition) is 1. The Labute approximate surface area is 83.7 Å². The molecule has 0 radical (unpaired) electrons. The summed E-state index contributed by atoms with van der Waals surface area (Å²) in [5.41, 5.74) is 0. The SMILES string of the molecule is COC1=C[C@@H](C)[C@@H](SCCO)C=C1. The molecule has 0 saturated heterocycles. The van der Waals surface area contributed by atoms with Crippen molar-refractivity contribution < 1.29 is 9.84 Å². The molecule has 0 aliphatic heterocycles. The maximum absolute atomic E-state index is 8.70. The number of ether oxygens (including phenoxy) is 1. The molecule has 0 aromatic heterocycles. The smallest absolute Gasteiger partial charge is 0.114 e. The molecule has 0 heterocycles. The second-order valence-electron chi connectivity index (χ2n) is 3.05. The summed E-state index contributed by atoms with van der Waals surface area (Å²) in [7, 11) is 1.68. The molecule has 1 rings (SSSR count). The summed E-state index contributed by atoms with van der Waals surface area (Å²) >= 11 is 1.78. The van der Waals surface area contributed by atoms with Crippen molar-refractivity contribution in [1.82, 2.24) is 0 Å². The second-order valence-corrected chi connectivity index (χ2v) is 4.34. The third-order valence-corrected chi connectivity index (χ3v) is 3.42. The van der Waals surface area contributed by atoms with Gasteiger partial charge in [0.2, 0.25) is 0 Å². The third-order valence-electron chi connectivity index (χ3n) is 2.03. The third kappa shape index (κ3) is 3.08. The number of allylic oxidation sites excluding steroid dienone is 2. The Morgan fingerprint density at radius 3 is 2.92 bits per heavy atom. The Kier molecular flexibility index (Phi) is 4.39. The summed E-state index contributed by atoms with van der Waals surface area (Å²) < 4.78 is 5.13. The standard InChI is InChI=1S/C10H16O2S/c1-8-7-9(12-2)3-4-10(8)13-6-5-11/h3-4,7-8,10-11H,5-6H2,1-2H3/t8-,10+/m1/s1. The first-order chi connectivity index (χ1) is 6.27. The van der Waals surface area contributed by atoms with Crippen molar-refractivity contribution in [3.8, 4) is 0 Å². The Morgan fingerprint density at radius 1 is 1.62 bits per heavy atom. The van der Waals surface area contributed by atoms with Gasteiger partial charge < -0.3 is 9.84 Å². The molecule has 0 spiro atoms. The Balaban J connectivity index is 2.46. The van der Waals surface area contributed by atoms with E-state index >= 15 is 0 Å². The lowest BCUT2D eigenvalue weighted by Gasteiger charge is -2.21. The molecule has 74 valence electrons. The predicted octanol–water partition coefficient (Wildman–Crippen LogP) is 1.82. The van der Waals surface area contributed by atoms with Crippen LogP contribution in [0.1, 0.15) is 6.92 Å². The summed E-state index contributed by atoms with van der Waals surface area (Å²) in [5.74, 6) is 2.22. The molecular formula is C10H16O2S. The Hall–Kier alpha value is -0.410. The average Bonchev–Trinajstić information content (AvgIpc) is 2.16. The fraction of sp³-hybridized carbons (Fsp3) is 0.600. The summed E-state index contributed by atoms with van der Waals surface area (Å²) in [6.07, 6.45) is 6.26. The van der Waals surface area contributed by atoms with Crippen LogP contribution in [-0.4, -0.2) is 29.8 Å². The van der Waals surface area contributed by atoms with Gasteiger partial charge in [-0.3, -0.25) is 0 Å². The van der Waals surface area contributed by atoms with Crippen molar-refractivity contribution in [1.29, 1.82) is 0 Å². The molecule has 0 fully saturated rings. The number of methoxy groups -OCH3 is 1. The van der Waals surface area contributed by atoms with Crippen LogP contribution in [-0.2, 0) is 4.74 Å². The van der Waals surface area contributed by atoms with Gasteiger partial charge in [-0.2, -0.15) is 11.8 Å². The topological polar surface area (TPSA) is 29.5 Å². The van der Waals surface area contributed by atoms with Crippen LogP contribution < -0.4 is 0 Å². The molecule has 1 aliphatic carbocycles. The molecule has 0 amide bonds. The first-order valence-corrected chi connectivity index (χ1v) is 5.49. The lowest BCUT2D eigenvalue weighted by atomic mass is 10.0. The zero-order valence-electron chi connectivity index (χ0n) is 8.06. The summed E-state index contributed by atoms with van der Waals surface area (Å²) in [4.78, 5) is 0. The zero-order valence-corrected chi connectivity index (χ0v) is 8.88. The lowest BCUT2D eigenvalue weighted by Crippen LogP contribution is -2.14. The first kappa shape index (κ1) is 10.7. The van der Waals surface area contributed by atoms with Crippen molar-refractivity contribution >= 4 is 11.8 Å². The predicted molar refractivity (Wildman–Crippen MR) is 56.7 cm³/mol. The van der Waals surface area contributed by atoms with E-state index in [9.17, 15) is 0 Å². The van der Waals surface area contributed by atoms with E-state index in [-0.39, 0.29) is 6.61 Å². The maximum Gasteiger partial charge on any atom is 0.114 e. The van der Waals surface area contributed by atoms with E-state index in [0.717, 1.165) is 11.5 Å². The second kappa shape index (κ2) is 5.35. The fourth-order valence-electron chi connectivity index (χ4n) is 1.31. The number of rotatable bonds is 4. The molecule has 2 atom stereocenters. The highest BCUT2D eigenvalue weighted by molar-refractivity contribution is 8.00. The molecule has 1 aliphatic rings. The van der Waals surface area contributed by atoms with Gasteiger partial charge >= 0.3 is 0 Å². The number of aliphatic hydroxyl groups excluding tert-OH is 1. The van der Waals surface area contributed by atoms with Gasteiger partial charge in [-0.1, -0.05) is 13.0 Å². The maximum atomic E-state index is 8.70. The highest BCUT2D eigenvalue weighted by Crippen LogP contribution is 2.27. The van der Waals surface area contributed by atoms with Gasteiger partial charge in [0, 0.05) is 11.0 Å². The summed E-state index contributed by atoms with van der Waals surface area (Å²) in [6, 6.07) is 0. The number of aliphatic hydroxyl groups is 1. The first-order valence-electron chi connectivity index (χ1n) is 4.44. The van der Waals surface area contributed by atoms with Crippen LogP contribution in [0.5, 0.6) is 0 Å². The Bertz CT molecular complexity index is 211. The van der Waals surface area contributed by atoms with E-state index in [1.54, 1.807) is 18.9 Å². The van der Waals surface area contributed by atoms with Crippen LogP contribution in [0, 0.1) is 5.92 Å². The van der Waals surface area contributed by atoms with E-state index in [2.05, 4.69) is 19.1 Å². The fourth-order valence-corrected chi connectivity index (χ4v) is 2.26. The van der Waals surface area contributed by atoms with Gasteiger partial charge in [0.1, 0.15) is 5.76 Å². The lowest BCUT2D eigenvalue weighted by molar-refractivity contribution is 0.300. The molecule has 0 unspecified atom stereocenters. The summed E-state index contributed by atoms with van der Waals surface area (Å²) in [5, 5.41) is 9.17. The normalized spacial score (nSPS) is 27.2. The van der Waals surface area contributed by atoms with E-state index in [4.69, 9.17) is 9.84 Å². The van der Waals surface area contributed by atoms with Gasteiger partial charge in [-0.25, -0.2) is 0 Å². The van der Waals surface area contributed by atoms with Gasteiger partial charge in [0.05, 0.1) is 13.7 Å². The molecule has 13 heavy (non-hydrogen) atoms. The molecule has 0 aromatic rings. The minimum absolute atomic E-state index is 0.253. The number of thioether (sulfide) groups is 1. The van der Waals surface area contributed by atoms with Gasteiger partial charge in [-0.15, -0.1) is 0 Å². The van der Waals surface area contributed by atoms with Gasteiger partial charge in [-0.05, 0) is 18.1 Å². The molecule has 0 bridgehead atoms. The van der Waals surface area contributed by atoms with Crippen molar-refractivity contribution in [2.75, 3.05) is 19.5 Å². The molecule has 2 nitrogen and oxygen atoms in total. The molecule has 0 aromatic carbocycles. The monoisotopic (exact) mass is 200 g/mol. The van der Waals surface area contributed by atoms with E-state index in [1.807, 2.05) is 6.08 Å². The van der Waals surface area contributed by atoms with Crippen molar-refractivity contribution in [2.45, 2.75) is 12.2 Å². The average molecular weight is 200 g/mol. The van der Waals surface area contributed by atoms with Crippen LogP contribution in [0.3, 0.4) is 0 Å². The van der Waals surface area contributed by atoms with Crippen LogP contribution >= 0.6 is 11.8 Å². The largest absolute Gasteiger partial charge is 0.497 e. The van der Waals surface area contributed by atoms with Crippen molar-refractivity contribution in [3.05, 3.63) is 24.0 Å². The van der Waals surface area contributed by atoms with Crippen molar-refractivity contribution in [2.24, 2.45) is 5.92 Å². The minimum atomic E-state index is 0.253. The minimum Gasteiger partial charge on any atom is -0.497 e. The van der Waals surface area contributed by atoms with Crippen LogP contribution in [0.2, 0.25) is 0 Å². The quantitative estimate of drug-likeness (QED) is 0.750. The number of hydrogen-bond acceptors (Lipinski definition) is 3. The highest BCUT2D eigenvalue weighted by atomic mass is 32.2. The zero-order chi connectivity index (χ0) is 9.68. The molecule has 0 saturated carbocycles. The highest BCUT2D eigenvalue weighted by Gasteiger charge is 2.16. The van der Waals surface area contributed by atoms with E-state index in [0.29, 0.717) is 11.2 Å². The van der Waals surface area contributed by atoms with Gasteiger partial charge in [0.25, 0.3) is 0 Å². The van der Waals surface area contributed by atoms with E-state index < -0.39 is 0 Å². The summed E-state index contributed by atoms with van der Waals surface area (Å²) in [6.45, 7) is 2.42. The molecule has 1 N–H and O–H groups in total. The molecular weight excluding hydrogens is 184 g/mol. The van der Waals surface area contributed by atoms with E-state index in [1.165, 1.54) is 0 Å². The Morgan fingerprint density at radius 2 is 2.38 bits per heavy atom. The van der Waals surface area contributed by atoms with Gasteiger partial charge in [0.15, 0.2) is 0 Å². The van der Waals surface area contributed by atoms with Crippen LogP contribution in [0.4, 0.5) is 0 Å².